The average Bonchev–Trinajstić information content (AvgIpc) is 2.63. The maximum Gasteiger partial charge on any atom is 0.332 e. The zero-order chi connectivity index (χ0) is 18.7. The Hall–Kier alpha value is -1.54. The predicted molar refractivity (Wildman–Crippen MR) is 108 cm³/mol. The van der Waals surface area contributed by atoms with E-state index in [0.29, 0.717) is 12.3 Å². The Bertz CT molecular complexity index is 772. The molecule has 7 heteroatoms. The fourth-order valence-electron chi connectivity index (χ4n) is 2.81. The summed E-state index contributed by atoms with van der Waals surface area (Å²) in [6, 6.07) is 16.5. The number of benzene rings is 2. The summed E-state index contributed by atoms with van der Waals surface area (Å²) in [5.41, 5.74) is 1.64. The van der Waals surface area contributed by atoms with Gasteiger partial charge >= 0.3 is 6.03 Å². The molecule has 0 unspecified atom stereocenters. The Morgan fingerprint density at radius 3 is 2.54 bits per heavy atom. The third-order valence-electron chi connectivity index (χ3n) is 4.10. The zero-order valence-electron chi connectivity index (χ0n) is 14.6. The van der Waals surface area contributed by atoms with Crippen LogP contribution in [-0.4, -0.2) is 24.5 Å². The molecule has 1 N–H and O–H groups in total. The maximum atomic E-state index is 12.7. The van der Waals surface area contributed by atoms with Crippen molar-refractivity contribution in [2.24, 2.45) is 0 Å². The largest absolute Gasteiger partial charge is 0.348 e. The zero-order valence-corrected chi connectivity index (χ0v) is 17.0. The number of nitrogens with zero attached hydrogens (tertiary/aromatic N) is 1. The van der Waals surface area contributed by atoms with Gasteiger partial charge in [-0.05, 0) is 47.5 Å². The molecule has 2 aromatic rings. The van der Waals surface area contributed by atoms with E-state index in [9.17, 15) is 4.79 Å². The number of urea groups is 1. The smallest absolute Gasteiger partial charge is 0.332 e. The average molecular weight is 437 g/mol. The van der Waals surface area contributed by atoms with Gasteiger partial charge in [-0.25, -0.2) is 9.10 Å². The molecule has 0 bridgehead atoms. The van der Waals surface area contributed by atoms with Gasteiger partial charge in [-0.2, -0.15) is 0 Å². The van der Waals surface area contributed by atoms with Crippen molar-refractivity contribution in [3.63, 3.8) is 0 Å². The molecule has 3 rings (SSSR count). The van der Waals surface area contributed by atoms with E-state index in [1.54, 1.807) is 0 Å². The molecule has 1 fully saturated rings. The Kier molecular flexibility index (Phi) is 5.92. The van der Waals surface area contributed by atoms with Crippen LogP contribution in [0, 0.1) is 0 Å². The van der Waals surface area contributed by atoms with Crippen LogP contribution < -0.4 is 9.62 Å². The van der Waals surface area contributed by atoms with Gasteiger partial charge in [0.2, 0.25) is 0 Å². The second kappa shape index (κ2) is 8.00. The monoisotopic (exact) mass is 436 g/mol. The molecule has 1 aliphatic rings. The lowest BCUT2D eigenvalue weighted by molar-refractivity contribution is -0.284. The number of nitrogens with one attached hydrogen (secondary N) is 1. The first-order valence-electron chi connectivity index (χ1n) is 8.28. The van der Waals surface area contributed by atoms with Gasteiger partial charge in [0.05, 0.1) is 18.3 Å². The highest BCUT2D eigenvalue weighted by Crippen LogP contribution is 2.33. The van der Waals surface area contributed by atoms with E-state index in [-0.39, 0.29) is 18.2 Å². The van der Waals surface area contributed by atoms with E-state index < -0.39 is 5.79 Å². The van der Waals surface area contributed by atoms with Gasteiger partial charge in [0.15, 0.2) is 5.79 Å². The van der Waals surface area contributed by atoms with Crippen molar-refractivity contribution in [3.8, 4) is 0 Å². The van der Waals surface area contributed by atoms with Crippen LogP contribution in [0.25, 0.3) is 0 Å². The van der Waals surface area contributed by atoms with Crippen LogP contribution in [0.4, 0.5) is 10.5 Å². The molecule has 0 aliphatic carbocycles. The lowest BCUT2D eigenvalue weighted by Crippen LogP contribution is -2.53. The summed E-state index contributed by atoms with van der Waals surface area (Å²) >= 11 is 7.78. The van der Waals surface area contributed by atoms with Crippen molar-refractivity contribution >= 4 is 40.5 Å². The molecule has 26 heavy (non-hydrogen) atoms. The number of hydrogen-bond donors (Lipinski definition) is 2. The molecule has 0 radical (unpaired) electrons. The van der Waals surface area contributed by atoms with Crippen LogP contribution >= 0.6 is 28.7 Å². The summed E-state index contributed by atoms with van der Waals surface area (Å²) in [5, 5.41) is 2.97. The Morgan fingerprint density at radius 1 is 1.19 bits per heavy atom. The van der Waals surface area contributed by atoms with Crippen molar-refractivity contribution < 1.29 is 14.3 Å². The number of rotatable bonds is 3. The van der Waals surface area contributed by atoms with Crippen LogP contribution in [0.3, 0.4) is 0 Å². The SMILES string of the molecule is CC1(C)OC[C@H](NC(=O)N(S)c2ccccc2Br)[C@@H](c2ccccc2)O1. The van der Waals surface area contributed by atoms with Crippen molar-refractivity contribution in [1.82, 2.24) is 5.32 Å². The fourth-order valence-corrected chi connectivity index (χ4v) is 3.64. The van der Waals surface area contributed by atoms with Gasteiger partial charge in [-0.15, -0.1) is 0 Å². The van der Waals surface area contributed by atoms with Gasteiger partial charge < -0.3 is 14.8 Å². The Labute approximate surface area is 167 Å². The first kappa shape index (κ1) is 19.2. The maximum absolute atomic E-state index is 12.7. The minimum Gasteiger partial charge on any atom is -0.348 e. The van der Waals surface area contributed by atoms with Crippen molar-refractivity contribution in [1.29, 1.82) is 0 Å². The number of anilines is 1. The van der Waals surface area contributed by atoms with Crippen LogP contribution in [0.15, 0.2) is 59.1 Å². The summed E-state index contributed by atoms with van der Waals surface area (Å²) < 4.78 is 13.9. The van der Waals surface area contributed by atoms with E-state index >= 15 is 0 Å². The van der Waals surface area contributed by atoms with Gasteiger partial charge in [0.25, 0.3) is 0 Å². The molecule has 0 saturated carbocycles. The highest BCUT2D eigenvalue weighted by Gasteiger charge is 2.38. The number of carbonyl (C=O) groups is 1. The number of carbonyl (C=O) groups excluding carboxylic acids is 1. The standard InChI is InChI=1S/C19H21BrN2O3S/c1-19(2)24-12-15(17(25-19)13-8-4-3-5-9-13)21-18(23)22(26)16-11-7-6-10-14(16)20/h3-11,15,17,26H,12H2,1-2H3,(H,21,23)/t15-,17+/m0/s1. The van der Waals surface area contributed by atoms with Crippen molar-refractivity contribution in [2.75, 3.05) is 10.9 Å². The Balaban J connectivity index is 1.78. The van der Waals surface area contributed by atoms with E-state index in [4.69, 9.17) is 9.47 Å². The summed E-state index contributed by atoms with van der Waals surface area (Å²) in [6.45, 7) is 4.08. The van der Waals surface area contributed by atoms with Gasteiger partial charge in [0, 0.05) is 4.47 Å². The lowest BCUT2D eigenvalue weighted by atomic mass is 10.0. The van der Waals surface area contributed by atoms with Crippen LogP contribution in [-0.2, 0) is 9.47 Å². The predicted octanol–water partition coefficient (Wildman–Crippen LogP) is 4.70. The highest BCUT2D eigenvalue weighted by atomic mass is 79.9. The number of ether oxygens (including phenoxy) is 2. The topological polar surface area (TPSA) is 50.8 Å². The first-order valence-corrected chi connectivity index (χ1v) is 9.47. The third kappa shape index (κ3) is 4.40. The van der Waals surface area contributed by atoms with Crippen molar-refractivity contribution in [3.05, 3.63) is 64.6 Å². The molecule has 1 aliphatic heterocycles. The van der Waals surface area contributed by atoms with Crippen LogP contribution in [0.2, 0.25) is 0 Å². The van der Waals surface area contributed by atoms with Gasteiger partial charge in [0.1, 0.15) is 6.10 Å². The van der Waals surface area contributed by atoms with E-state index in [2.05, 4.69) is 34.1 Å². The molecule has 0 aromatic heterocycles. The minimum atomic E-state index is -0.717. The van der Waals surface area contributed by atoms with Crippen molar-refractivity contribution in [2.45, 2.75) is 31.8 Å². The molecule has 1 heterocycles. The van der Waals surface area contributed by atoms with Crippen LogP contribution in [0.1, 0.15) is 25.5 Å². The second-order valence-electron chi connectivity index (χ2n) is 6.48. The number of amides is 2. The highest BCUT2D eigenvalue weighted by molar-refractivity contribution is 9.10. The molecule has 0 spiro atoms. The van der Waals surface area contributed by atoms with Gasteiger partial charge in [-0.1, -0.05) is 55.3 Å². The summed E-state index contributed by atoms with van der Waals surface area (Å²) in [7, 11) is 0. The van der Waals surface area contributed by atoms with E-state index in [1.807, 2.05) is 68.4 Å². The molecular weight excluding hydrogens is 416 g/mol. The molecule has 2 amide bonds. The molecule has 2 atom stereocenters. The minimum absolute atomic E-state index is 0.315. The van der Waals surface area contributed by atoms with E-state index in [1.165, 1.54) is 4.31 Å². The number of halogens is 1. The Morgan fingerprint density at radius 2 is 1.85 bits per heavy atom. The van der Waals surface area contributed by atoms with Gasteiger partial charge in [-0.3, -0.25) is 0 Å². The molecule has 5 nitrogen and oxygen atoms in total. The summed E-state index contributed by atoms with van der Waals surface area (Å²) in [5.74, 6) is -0.717. The van der Waals surface area contributed by atoms with E-state index in [0.717, 1.165) is 10.0 Å². The first-order chi connectivity index (χ1) is 12.4. The quantitative estimate of drug-likeness (QED) is 0.685. The number of hydrogen-bond acceptors (Lipinski definition) is 4. The molecule has 2 aromatic carbocycles. The summed E-state index contributed by atoms with van der Waals surface area (Å²) in [6.07, 6.45) is -0.315. The molecule has 138 valence electrons. The second-order valence-corrected chi connectivity index (χ2v) is 7.73. The molecule has 1 saturated heterocycles. The number of thiol groups is 1. The third-order valence-corrected chi connectivity index (χ3v) is 5.16. The lowest BCUT2D eigenvalue weighted by Gasteiger charge is -2.41. The molecular formula is C19H21BrN2O3S. The summed E-state index contributed by atoms with van der Waals surface area (Å²) in [4.78, 5) is 12.7. The fraction of sp³-hybridized carbons (Fsp3) is 0.316. The van der Waals surface area contributed by atoms with Crippen LogP contribution in [0.5, 0.6) is 0 Å². The number of para-hydroxylation sites is 1. The normalized spacial score (nSPS) is 21.8.